The van der Waals surface area contributed by atoms with Crippen LogP contribution in [0.25, 0.3) is 33.4 Å². The Morgan fingerprint density at radius 1 is 0.395 bits per heavy atom. The zero-order valence-corrected chi connectivity index (χ0v) is 46.7. The van der Waals surface area contributed by atoms with Crippen LogP contribution >= 0.6 is 0 Å². The quantitative estimate of drug-likeness (QED) is 0.159. The Kier molecular flexibility index (Phi) is 10.3. The number of anilines is 7. The predicted octanol–water partition coefficient (Wildman–Crippen LogP) is 17.4. The van der Waals surface area contributed by atoms with E-state index in [4.69, 9.17) is 0 Å². The lowest BCUT2D eigenvalue weighted by atomic mass is 9.33. The van der Waals surface area contributed by atoms with Crippen LogP contribution in [0.4, 0.5) is 39.8 Å². The summed E-state index contributed by atoms with van der Waals surface area (Å²) in [4.78, 5) is 8.58. The minimum absolute atomic E-state index is 0.0178. The fourth-order valence-electron chi connectivity index (χ4n) is 16.0. The van der Waals surface area contributed by atoms with Crippen LogP contribution in [0.3, 0.4) is 0 Å². The summed E-state index contributed by atoms with van der Waals surface area (Å²) < 4.78 is 0. The van der Waals surface area contributed by atoms with E-state index >= 15 is 0 Å². The van der Waals surface area contributed by atoms with Gasteiger partial charge in [-0.3, -0.25) is 0 Å². The highest BCUT2D eigenvalue weighted by molar-refractivity contribution is 7.00. The maximum Gasteiger partial charge on any atom is 0.252 e. The maximum absolute atomic E-state index is 2.95. The van der Waals surface area contributed by atoms with Gasteiger partial charge in [0.05, 0.1) is 16.8 Å². The number of fused-ring (bicyclic) bond motifs is 10. The molecule has 76 heavy (non-hydrogen) atoms. The Balaban J connectivity index is 1.12. The molecule has 4 atom stereocenters. The van der Waals surface area contributed by atoms with Gasteiger partial charge in [-0.2, -0.15) is 0 Å². The fraction of sp³-hybridized carbons (Fsp3) is 0.333. The lowest BCUT2D eigenvalue weighted by Crippen LogP contribution is -2.64. The summed E-state index contributed by atoms with van der Waals surface area (Å²) >= 11 is 0. The molecule has 8 aromatic carbocycles. The van der Waals surface area contributed by atoms with Crippen LogP contribution in [-0.2, 0) is 21.7 Å². The van der Waals surface area contributed by atoms with Gasteiger partial charge in [-0.25, -0.2) is 0 Å². The predicted molar refractivity (Wildman–Crippen MR) is 325 cm³/mol. The monoisotopic (exact) mass is 992 g/mol. The number of hydrogen-bond donors (Lipinski definition) is 0. The van der Waals surface area contributed by atoms with Gasteiger partial charge < -0.3 is 14.7 Å². The van der Waals surface area contributed by atoms with Gasteiger partial charge in [-0.15, -0.1) is 0 Å². The second-order valence-electron chi connectivity index (χ2n) is 26.8. The highest BCUT2D eigenvalue weighted by atomic mass is 15.3. The Morgan fingerprint density at radius 2 is 0.921 bits per heavy atom. The first kappa shape index (κ1) is 47.7. The molecule has 380 valence electrons. The normalized spacial score (nSPS) is 23.9. The molecule has 0 amide bonds. The van der Waals surface area contributed by atoms with Crippen LogP contribution in [0.5, 0.6) is 0 Å². The molecule has 2 saturated carbocycles. The summed E-state index contributed by atoms with van der Waals surface area (Å²) in [5.74, 6) is 0. The molecule has 4 unspecified atom stereocenters. The van der Waals surface area contributed by atoms with E-state index in [0.29, 0.717) is 0 Å². The molecular formula is C72H74BN3. The lowest BCUT2D eigenvalue weighted by Gasteiger charge is -2.54. The molecule has 0 bridgehead atoms. The first-order chi connectivity index (χ1) is 36.4. The highest BCUT2D eigenvalue weighted by Gasteiger charge is 2.63. The molecule has 3 nitrogen and oxygen atoms in total. The van der Waals surface area contributed by atoms with Gasteiger partial charge in [-0.1, -0.05) is 202 Å². The van der Waals surface area contributed by atoms with Crippen molar-refractivity contribution in [1.29, 1.82) is 0 Å². The molecule has 2 aliphatic carbocycles. The van der Waals surface area contributed by atoms with Crippen LogP contribution in [0, 0.1) is 0 Å². The maximum atomic E-state index is 2.95. The number of benzene rings is 8. The van der Waals surface area contributed by atoms with Gasteiger partial charge in [0.15, 0.2) is 0 Å². The largest absolute Gasteiger partial charge is 0.335 e. The smallest absolute Gasteiger partial charge is 0.252 e. The average molecular weight is 992 g/mol. The Hall–Kier alpha value is -6.78. The van der Waals surface area contributed by atoms with Crippen molar-refractivity contribution < 1.29 is 0 Å². The molecule has 14 rings (SSSR count). The van der Waals surface area contributed by atoms with Gasteiger partial charge in [0, 0.05) is 50.5 Å². The second-order valence-corrected chi connectivity index (χ2v) is 26.8. The van der Waals surface area contributed by atoms with Gasteiger partial charge in [0.2, 0.25) is 0 Å². The van der Waals surface area contributed by atoms with E-state index in [9.17, 15) is 0 Å². The van der Waals surface area contributed by atoms with E-state index in [-0.39, 0.29) is 39.5 Å². The van der Waals surface area contributed by atoms with Crippen molar-refractivity contribution in [3.8, 4) is 33.4 Å². The Morgan fingerprint density at radius 3 is 1.57 bits per heavy atom. The van der Waals surface area contributed by atoms with Crippen molar-refractivity contribution in [3.63, 3.8) is 0 Å². The lowest BCUT2D eigenvalue weighted by molar-refractivity contribution is 0.194. The summed E-state index contributed by atoms with van der Waals surface area (Å²) in [5, 5.41) is 0. The first-order valence-corrected chi connectivity index (χ1v) is 28.8. The molecular weight excluding hydrogens is 918 g/mol. The van der Waals surface area contributed by atoms with E-state index < -0.39 is 0 Å². The van der Waals surface area contributed by atoms with Crippen molar-refractivity contribution in [2.45, 2.75) is 153 Å². The third-order valence-corrected chi connectivity index (χ3v) is 20.6. The first-order valence-electron chi connectivity index (χ1n) is 28.8. The average Bonchev–Trinajstić information content (AvgIpc) is 3.37. The molecule has 0 spiro atoms. The SMILES string of the molecule is CC(C)(C)c1ccc(N2c3cc(C(C)(C)C)ccc3B3c4cc(-c5ccccc5)cc5c4N(c4cc(N6c7ccc(-c8ccccc8)cc7C7(C)CCCCC67C)cc2c43)C2(C)CCCCC52C)c(-c2ccccc2)c1. The highest BCUT2D eigenvalue weighted by Crippen LogP contribution is 2.65. The van der Waals surface area contributed by atoms with E-state index in [1.54, 1.807) is 0 Å². The zero-order chi connectivity index (χ0) is 52.3. The van der Waals surface area contributed by atoms with Crippen molar-refractivity contribution in [2.75, 3.05) is 14.7 Å². The van der Waals surface area contributed by atoms with Crippen LogP contribution < -0.4 is 31.1 Å². The van der Waals surface area contributed by atoms with Crippen molar-refractivity contribution in [1.82, 2.24) is 0 Å². The number of nitrogens with zero attached hydrogens (tertiary/aromatic N) is 3. The molecule has 0 aromatic heterocycles. The molecule has 6 aliphatic rings. The molecule has 4 heteroatoms. The van der Waals surface area contributed by atoms with Crippen molar-refractivity contribution in [3.05, 3.63) is 192 Å². The van der Waals surface area contributed by atoms with Gasteiger partial charge in [0.25, 0.3) is 6.71 Å². The number of hydrogen-bond acceptors (Lipinski definition) is 3. The van der Waals surface area contributed by atoms with Crippen LogP contribution in [0.15, 0.2) is 170 Å². The van der Waals surface area contributed by atoms with E-state index in [0.717, 1.165) is 12.8 Å². The third-order valence-electron chi connectivity index (χ3n) is 20.6. The summed E-state index contributed by atoms with van der Waals surface area (Å²) in [6, 6.07) is 66.7. The molecule has 2 fully saturated rings. The molecule has 4 aliphatic heterocycles. The molecule has 8 aromatic rings. The summed E-state index contributed by atoms with van der Waals surface area (Å²) in [7, 11) is 0. The van der Waals surface area contributed by atoms with Crippen LogP contribution in [-0.4, -0.2) is 17.8 Å². The van der Waals surface area contributed by atoms with Crippen LogP contribution in [0.1, 0.15) is 143 Å². The zero-order valence-electron chi connectivity index (χ0n) is 46.7. The minimum atomic E-state index is -0.153. The van der Waals surface area contributed by atoms with Gasteiger partial charge >= 0.3 is 0 Å². The number of rotatable bonds is 5. The molecule has 0 N–H and O–H groups in total. The van der Waals surface area contributed by atoms with E-state index in [1.807, 2.05) is 0 Å². The van der Waals surface area contributed by atoms with Crippen LogP contribution in [0.2, 0.25) is 0 Å². The molecule has 0 radical (unpaired) electrons. The fourth-order valence-corrected chi connectivity index (χ4v) is 16.0. The summed E-state index contributed by atoms with van der Waals surface area (Å²) in [6.07, 6.45) is 9.57. The third kappa shape index (κ3) is 6.55. The van der Waals surface area contributed by atoms with E-state index in [1.165, 1.54) is 150 Å². The Bertz CT molecular complexity index is 3660. The summed E-state index contributed by atoms with van der Waals surface area (Å²) in [6.45, 7) is 24.8. The topological polar surface area (TPSA) is 9.72 Å². The van der Waals surface area contributed by atoms with Crippen molar-refractivity contribution in [2.24, 2.45) is 0 Å². The van der Waals surface area contributed by atoms with Crippen molar-refractivity contribution >= 4 is 62.9 Å². The van der Waals surface area contributed by atoms with Gasteiger partial charge in [0.1, 0.15) is 0 Å². The minimum Gasteiger partial charge on any atom is -0.335 e. The summed E-state index contributed by atoms with van der Waals surface area (Å²) in [5.41, 5.74) is 26.6. The Labute approximate surface area is 454 Å². The molecule has 4 heterocycles. The van der Waals surface area contributed by atoms with E-state index in [2.05, 4.69) is 254 Å². The molecule has 0 saturated heterocycles. The second kappa shape index (κ2) is 16.4. The van der Waals surface area contributed by atoms with Gasteiger partial charge in [-0.05, 0) is 165 Å². The standard InChI is InChI=1S/C72H74BN3/c1-67(2,3)52-32-35-60(55(43-52)49-28-18-13-19-29-49)74-62-44-53(68(4,5)6)31-33-58(62)73-59-42-51(48-26-16-12-17-27-48)41-57-66(59)76(72(10)39-23-21-37-70(57,72)8)64-46-54(45-63(74)65(64)73)75-61-34-30-50(47-24-14-11-15-25-47)40-56(61)69(7)36-20-22-38-71(69,75)9/h11-19,24-35,40-46H,20-23,36-39H2,1-10H3.